The highest BCUT2D eigenvalue weighted by molar-refractivity contribution is 6.37. The van der Waals surface area contributed by atoms with Gasteiger partial charge < -0.3 is 24.6 Å². The van der Waals surface area contributed by atoms with Gasteiger partial charge in [0.05, 0.1) is 29.8 Å². The lowest BCUT2D eigenvalue weighted by Crippen LogP contribution is -2.51. The number of halogens is 2. The van der Waals surface area contributed by atoms with Crippen molar-refractivity contribution >= 4 is 35.2 Å². The lowest BCUT2D eigenvalue weighted by Gasteiger charge is -2.41. The highest BCUT2D eigenvalue weighted by Crippen LogP contribution is 2.42. The molecule has 2 N–H and O–H groups in total. The molecule has 2 aliphatic rings. The van der Waals surface area contributed by atoms with Crippen LogP contribution in [-0.2, 0) is 13.0 Å². The van der Waals surface area contributed by atoms with Crippen molar-refractivity contribution in [1.82, 2.24) is 14.8 Å². The van der Waals surface area contributed by atoms with Crippen molar-refractivity contribution in [3.05, 3.63) is 60.5 Å². The van der Waals surface area contributed by atoms with Gasteiger partial charge in [0.25, 0.3) is 11.5 Å². The molecule has 8 nitrogen and oxygen atoms in total. The number of carbonyl (C=O) groups is 2. The standard InChI is InChI=1S/C23H25Cl2N3O5/c1-11-6-18(33-3)16(21(29)26-11)10-27-5-4-14-17(24)7-15(20(25)19(14)22(27)30)12(2)13-8-28(9-13)23(31)32/h6-7,12-13H,4-5,8-10H2,1-3H3,(H,26,29)(H,31,32). The van der Waals surface area contributed by atoms with Crippen LogP contribution in [0.2, 0.25) is 10.0 Å². The Kier molecular flexibility index (Phi) is 6.33. The second kappa shape index (κ2) is 8.91. The van der Waals surface area contributed by atoms with Crippen molar-refractivity contribution in [2.75, 3.05) is 26.7 Å². The molecule has 33 heavy (non-hydrogen) atoms. The minimum absolute atomic E-state index is 0.0703. The summed E-state index contributed by atoms with van der Waals surface area (Å²) in [5, 5.41) is 9.93. The van der Waals surface area contributed by atoms with Gasteiger partial charge in [0.1, 0.15) is 5.75 Å². The van der Waals surface area contributed by atoms with Gasteiger partial charge in [0.2, 0.25) is 0 Å². The van der Waals surface area contributed by atoms with Gasteiger partial charge in [-0.25, -0.2) is 4.79 Å². The fourth-order valence-electron chi connectivity index (χ4n) is 4.59. The van der Waals surface area contributed by atoms with Crippen LogP contribution in [0, 0.1) is 12.8 Å². The molecule has 2 amide bonds. The Balaban J connectivity index is 1.65. The smallest absolute Gasteiger partial charge is 0.407 e. The van der Waals surface area contributed by atoms with Crippen molar-refractivity contribution in [1.29, 1.82) is 0 Å². The van der Waals surface area contributed by atoms with Gasteiger partial charge in [-0.3, -0.25) is 9.59 Å². The van der Waals surface area contributed by atoms with E-state index >= 15 is 0 Å². The van der Waals surface area contributed by atoms with Crippen LogP contribution in [0.4, 0.5) is 4.79 Å². The van der Waals surface area contributed by atoms with Crippen LogP contribution in [0.15, 0.2) is 16.9 Å². The van der Waals surface area contributed by atoms with Crippen molar-refractivity contribution < 1.29 is 19.4 Å². The number of nitrogens with zero attached hydrogens (tertiary/aromatic N) is 2. The summed E-state index contributed by atoms with van der Waals surface area (Å²) in [6.07, 6.45) is -0.434. The number of aromatic nitrogens is 1. The molecule has 0 spiro atoms. The number of rotatable bonds is 5. The first kappa shape index (κ1) is 23.4. The zero-order chi connectivity index (χ0) is 24.0. The van der Waals surface area contributed by atoms with E-state index in [9.17, 15) is 14.4 Å². The summed E-state index contributed by atoms with van der Waals surface area (Å²) in [5.74, 6) is 0.159. The Morgan fingerprint density at radius 3 is 2.64 bits per heavy atom. The first-order valence-electron chi connectivity index (χ1n) is 10.7. The Hall–Kier alpha value is -2.71. The maximum atomic E-state index is 13.5. The number of carboxylic acid groups (broad SMARTS) is 1. The number of amides is 2. The highest BCUT2D eigenvalue weighted by atomic mass is 35.5. The summed E-state index contributed by atoms with van der Waals surface area (Å²) in [7, 11) is 1.49. The van der Waals surface area contributed by atoms with E-state index in [-0.39, 0.29) is 29.8 Å². The second-order valence-corrected chi connectivity index (χ2v) is 9.44. The van der Waals surface area contributed by atoms with E-state index in [2.05, 4.69) is 4.98 Å². The van der Waals surface area contributed by atoms with E-state index in [1.165, 1.54) is 12.0 Å². The maximum Gasteiger partial charge on any atom is 0.407 e. The molecule has 1 saturated heterocycles. The van der Waals surface area contributed by atoms with E-state index in [1.54, 1.807) is 24.0 Å². The predicted octanol–water partition coefficient (Wildman–Crippen LogP) is 3.91. The molecule has 1 fully saturated rings. The summed E-state index contributed by atoms with van der Waals surface area (Å²) in [5.41, 5.74) is 2.52. The van der Waals surface area contributed by atoms with Gasteiger partial charge in [0.15, 0.2) is 0 Å². The third-order valence-corrected chi connectivity index (χ3v) is 7.40. The van der Waals surface area contributed by atoms with E-state index in [0.29, 0.717) is 64.2 Å². The lowest BCUT2D eigenvalue weighted by molar-refractivity contribution is 0.0722. The Labute approximate surface area is 201 Å². The van der Waals surface area contributed by atoms with Crippen molar-refractivity contribution in [3.63, 3.8) is 0 Å². The zero-order valence-electron chi connectivity index (χ0n) is 18.6. The van der Waals surface area contributed by atoms with Crippen LogP contribution in [0.1, 0.15) is 45.6 Å². The topological polar surface area (TPSA) is 103 Å². The molecule has 2 aromatic rings. The molecular formula is C23H25Cl2N3O5. The SMILES string of the molecule is COc1cc(C)[nH]c(=O)c1CN1CCc2c(Cl)cc(C(C)C3CN(C(=O)O)C3)c(Cl)c2C1=O. The van der Waals surface area contributed by atoms with Gasteiger partial charge in [-0.05, 0) is 42.5 Å². The Morgan fingerprint density at radius 2 is 2.00 bits per heavy atom. The van der Waals surface area contributed by atoms with Crippen LogP contribution in [0.25, 0.3) is 0 Å². The molecule has 3 heterocycles. The van der Waals surface area contributed by atoms with E-state index in [1.807, 2.05) is 6.92 Å². The first-order chi connectivity index (χ1) is 15.6. The summed E-state index contributed by atoms with van der Waals surface area (Å²) in [6.45, 7) is 5.04. The maximum absolute atomic E-state index is 13.5. The summed E-state index contributed by atoms with van der Waals surface area (Å²) >= 11 is 13.3. The van der Waals surface area contributed by atoms with Gasteiger partial charge in [-0.15, -0.1) is 0 Å². The van der Waals surface area contributed by atoms with E-state index < -0.39 is 6.09 Å². The quantitative estimate of drug-likeness (QED) is 0.656. The molecule has 1 unspecified atom stereocenters. The number of methoxy groups -OCH3 is 1. The number of hydrogen-bond donors (Lipinski definition) is 2. The monoisotopic (exact) mass is 493 g/mol. The highest BCUT2D eigenvalue weighted by Gasteiger charge is 2.38. The number of aryl methyl sites for hydroxylation is 1. The largest absolute Gasteiger partial charge is 0.496 e. The fourth-order valence-corrected chi connectivity index (χ4v) is 5.32. The first-order valence-corrected chi connectivity index (χ1v) is 11.4. The number of fused-ring (bicyclic) bond motifs is 1. The van der Waals surface area contributed by atoms with Crippen LogP contribution in [-0.4, -0.2) is 58.6 Å². The molecule has 0 aliphatic carbocycles. The molecule has 4 rings (SSSR count). The van der Waals surface area contributed by atoms with Crippen molar-refractivity contribution in [2.45, 2.75) is 32.7 Å². The second-order valence-electron chi connectivity index (χ2n) is 8.66. The van der Waals surface area contributed by atoms with Crippen LogP contribution in [0.5, 0.6) is 5.75 Å². The number of nitrogens with one attached hydrogen (secondary N) is 1. The molecular weight excluding hydrogens is 469 g/mol. The molecule has 2 aliphatic heterocycles. The Morgan fingerprint density at radius 1 is 1.30 bits per heavy atom. The summed E-state index contributed by atoms with van der Waals surface area (Å²) < 4.78 is 5.37. The van der Waals surface area contributed by atoms with Crippen molar-refractivity contribution in [3.8, 4) is 5.75 Å². The normalized spacial score (nSPS) is 16.9. The lowest BCUT2D eigenvalue weighted by atomic mass is 9.81. The fraction of sp³-hybridized carbons (Fsp3) is 0.435. The molecule has 1 aromatic carbocycles. The van der Waals surface area contributed by atoms with Crippen LogP contribution >= 0.6 is 23.2 Å². The van der Waals surface area contributed by atoms with Crippen LogP contribution < -0.4 is 10.3 Å². The third-order valence-electron chi connectivity index (χ3n) is 6.65. The van der Waals surface area contributed by atoms with Crippen molar-refractivity contribution in [2.24, 2.45) is 5.92 Å². The number of benzene rings is 1. The van der Waals surface area contributed by atoms with Gasteiger partial charge in [-0.1, -0.05) is 30.1 Å². The number of hydrogen-bond acceptors (Lipinski definition) is 4. The van der Waals surface area contributed by atoms with Crippen LogP contribution in [0.3, 0.4) is 0 Å². The number of H-pyrrole nitrogens is 1. The molecule has 0 bridgehead atoms. The number of ether oxygens (including phenoxy) is 1. The number of pyridine rings is 1. The molecule has 1 aromatic heterocycles. The number of aromatic amines is 1. The average molecular weight is 494 g/mol. The molecule has 0 radical (unpaired) electrons. The number of carbonyl (C=O) groups excluding carboxylic acids is 1. The Bertz CT molecular complexity index is 1190. The summed E-state index contributed by atoms with van der Waals surface area (Å²) in [4.78, 5) is 42.8. The molecule has 1 atom stereocenters. The molecule has 10 heteroatoms. The van der Waals surface area contributed by atoms with E-state index in [4.69, 9.17) is 33.0 Å². The minimum atomic E-state index is -0.944. The molecule has 176 valence electrons. The van der Waals surface area contributed by atoms with Gasteiger partial charge in [-0.2, -0.15) is 0 Å². The zero-order valence-corrected chi connectivity index (χ0v) is 20.1. The average Bonchev–Trinajstić information content (AvgIpc) is 2.71. The number of likely N-dealkylation sites (tertiary alicyclic amines) is 1. The third kappa shape index (κ3) is 4.17. The summed E-state index contributed by atoms with van der Waals surface area (Å²) in [6, 6.07) is 3.52. The van der Waals surface area contributed by atoms with Gasteiger partial charge in [0, 0.05) is 36.3 Å². The molecule has 0 saturated carbocycles. The van der Waals surface area contributed by atoms with Gasteiger partial charge >= 0.3 is 6.09 Å². The predicted molar refractivity (Wildman–Crippen MR) is 125 cm³/mol. The minimum Gasteiger partial charge on any atom is -0.496 e. The van der Waals surface area contributed by atoms with E-state index in [0.717, 1.165) is 5.56 Å².